The summed E-state index contributed by atoms with van der Waals surface area (Å²) in [4.78, 5) is 12.6. The zero-order chi connectivity index (χ0) is 18.2. The zero-order valence-electron chi connectivity index (χ0n) is 16.7. The van der Waals surface area contributed by atoms with Crippen molar-refractivity contribution >= 4 is 5.96 Å². The normalized spacial score (nSPS) is 30.0. The number of rotatable bonds is 8. The number of hydrogen-bond acceptors (Lipinski definition) is 5. The van der Waals surface area contributed by atoms with Crippen LogP contribution in [0.15, 0.2) is 4.99 Å². The summed E-state index contributed by atoms with van der Waals surface area (Å²) in [5.74, 6) is 1.09. The third-order valence-electron chi connectivity index (χ3n) is 5.77. The molecule has 0 aromatic heterocycles. The van der Waals surface area contributed by atoms with Gasteiger partial charge in [-0.25, -0.2) is 0 Å². The summed E-state index contributed by atoms with van der Waals surface area (Å²) in [5, 5.41) is 3.50. The van der Waals surface area contributed by atoms with Gasteiger partial charge < -0.3 is 19.7 Å². The van der Waals surface area contributed by atoms with E-state index in [1.165, 1.54) is 32.7 Å². The van der Waals surface area contributed by atoms with Crippen molar-refractivity contribution in [1.29, 1.82) is 0 Å². The molecule has 4 aliphatic heterocycles. The molecule has 1 atom stereocenters. The predicted octanol–water partition coefficient (Wildman–Crippen LogP) is 0.469. The average molecular weight is 368 g/mol. The maximum Gasteiger partial charge on any atom is 0.193 e. The highest BCUT2D eigenvalue weighted by Gasteiger charge is 2.31. The van der Waals surface area contributed by atoms with E-state index in [1.807, 2.05) is 0 Å². The first-order valence-corrected chi connectivity index (χ1v) is 10.4. The van der Waals surface area contributed by atoms with Crippen molar-refractivity contribution in [3.05, 3.63) is 0 Å². The van der Waals surface area contributed by atoms with Crippen LogP contribution in [-0.2, 0) is 9.47 Å². The summed E-state index contributed by atoms with van der Waals surface area (Å²) in [6.45, 7) is 13.7. The lowest BCUT2D eigenvalue weighted by Gasteiger charge is -2.47. The van der Waals surface area contributed by atoms with E-state index in [0.29, 0.717) is 12.1 Å². The number of nitrogens with one attached hydrogen (secondary N) is 1. The van der Waals surface area contributed by atoms with Crippen molar-refractivity contribution in [1.82, 2.24) is 20.0 Å². The van der Waals surface area contributed by atoms with E-state index in [0.717, 1.165) is 64.6 Å². The quantitative estimate of drug-likeness (QED) is 0.382. The van der Waals surface area contributed by atoms with Crippen molar-refractivity contribution in [2.75, 3.05) is 79.2 Å². The third-order valence-corrected chi connectivity index (χ3v) is 5.77. The van der Waals surface area contributed by atoms with Gasteiger partial charge in [0.15, 0.2) is 5.96 Å². The largest absolute Gasteiger partial charge is 0.385 e. The van der Waals surface area contributed by atoms with Crippen LogP contribution in [-0.4, -0.2) is 112 Å². The fourth-order valence-electron chi connectivity index (χ4n) is 4.20. The zero-order valence-corrected chi connectivity index (χ0v) is 16.7. The lowest BCUT2D eigenvalue weighted by Crippen LogP contribution is -2.62. The van der Waals surface area contributed by atoms with Crippen molar-refractivity contribution in [2.45, 2.75) is 38.3 Å². The van der Waals surface area contributed by atoms with E-state index in [2.05, 4.69) is 26.9 Å². The number of ether oxygens (including phenoxy) is 2. The standard InChI is InChI=1S/C19H37N5O2/c1-3-20-19(21-15-17-16-22-9-11-23(17)12-10-22)24-7-5-18(6-8-24)26-14-4-13-25-2/h17-18H,3-16H2,1-2H3,(H,20,21). The summed E-state index contributed by atoms with van der Waals surface area (Å²) in [6, 6.07) is 0.591. The van der Waals surface area contributed by atoms with Gasteiger partial charge in [0.2, 0.25) is 0 Å². The molecule has 150 valence electrons. The molecule has 0 aromatic carbocycles. The lowest BCUT2D eigenvalue weighted by atomic mass is 10.1. The molecule has 26 heavy (non-hydrogen) atoms. The molecule has 0 amide bonds. The Morgan fingerprint density at radius 2 is 1.85 bits per heavy atom. The molecule has 4 heterocycles. The smallest absolute Gasteiger partial charge is 0.193 e. The van der Waals surface area contributed by atoms with Gasteiger partial charge in [-0.2, -0.15) is 0 Å². The predicted molar refractivity (Wildman–Crippen MR) is 105 cm³/mol. The molecule has 0 aromatic rings. The van der Waals surface area contributed by atoms with Crippen LogP contribution in [0.5, 0.6) is 0 Å². The Labute approximate surface area is 158 Å². The van der Waals surface area contributed by atoms with E-state index in [4.69, 9.17) is 14.5 Å². The summed E-state index contributed by atoms with van der Waals surface area (Å²) in [7, 11) is 1.74. The Hall–Kier alpha value is -0.890. The molecule has 4 fully saturated rings. The minimum Gasteiger partial charge on any atom is -0.385 e. The molecule has 0 aliphatic carbocycles. The Balaban J connectivity index is 1.44. The number of fused-ring (bicyclic) bond motifs is 3. The van der Waals surface area contributed by atoms with E-state index in [-0.39, 0.29) is 0 Å². The van der Waals surface area contributed by atoms with Gasteiger partial charge in [-0.15, -0.1) is 0 Å². The Morgan fingerprint density at radius 3 is 2.46 bits per heavy atom. The molecule has 7 heteroatoms. The molecular formula is C19H37N5O2. The third kappa shape index (κ3) is 5.55. The number of aliphatic imine (C=N–C) groups is 1. The maximum atomic E-state index is 5.98. The van der Waals surface area contributed by atoms with Crippen LogP contribution >= 0.6 is 0 Å². The van der Waals surface area contributed by atoms with E-state index < -0.39 is 0 Å². The summed E-state index contributed by atoms with van der Waals surface area (Å²) >= 11 is 0. The van der Waals surface area contributed by atoms with Gasteiger partial charge in [0.25, 0.3) is 0 Å². The lowest BCUT2D eigenvalue weighted by molar-refractivity contribution is 0.00939. The van der Waals surface area contributed by atoms with Crippen LogP contribution in [0.25, 0.3) is 0 Å². The van der Waals surface area contributed by atoms with Crippen molar-refractivity contribution in [2.24, 2.45) is 4.99 Å². The second-order valence-corrected chi connectivity index (χ2v) is 7.59. The van der Waals surface area contributed by atoms with E-state index in [9.17, 15) is 0 Å². The van der Waals surface area contributed by atoms with Gasteiger partial charge in [-0.3, -0.25) is 14.8 Å². The Kier molecular flexibility index (Phi) is 7.98. The average Bonchev–Trinajstić information content (AvgIpc) is 2.70. The molecule has 0 saturated carbocycles. The number of piperazine rings is 3. The summed E-state index contributed by atoms with van der Waals surface area (Å²) in [6.07, 6.45) is 3.54. The number of methoxy groups -OCH3 is 1. The second-order valence-electron chi connectivity index (χ2n) is 7.59. The van der Waals surface area contributed by atoms with Crippen molar-refractivity contribution in [3.63, 3.8) is 0 Å². The first-order chi connectivity index (χ1) is 12.8. The van der Waals surface area contributed by atoms with Gasteiger partial charge in [-0.1, -0.05) is 0 Å². The summed E-state index contributed by atoms with van der Waals surface area (Å²) < 4.78 is 11.1. The number of likely N-dealkylation sites (tertiary alicyclic amines) is 1. The second kappa shape index (κ2) is 10.4. The Bertz CT molecular complexity index is 432. The molecule has 7 nitrogen and oxygen atoms in total. The van der Waals surface area contributed by atoms with Gasteiger partial charge in [-0.05, 0) is 26.2 Å². The number of piperidine rings is 1. The molecule has 0 spiro atoms. The number of nitrogens with zero attached hydrogens (tertiary/aromatic N) is 4. The van der Waals surface area contributed by atoms with E-state index in [1.54, 1.807) is 7.11 Å². The monoisotopic (exact) mass is 367 g/mol. The first-order valence-electron chi connectivity index (χ1n) is 10.4. The molecule has 1 N–H and O–H groups in total. The molecule has 4 rings (SSSR count). The minimum atomic E-state index is 0.388. The van der Waals surface area contributed by atoms with Crippen molar-refractivity contribution < 1.29 is 9.47 Å². The molecule has 4 saturated heterocycles. The SMILES string of the molecule is CCNC(=NCC1CN2CCN1CC2)N1CCC(OCCCOC)CC1. The van der Waals surface area contributed by atoms with Crippen LogP contribution < -0.4 is 5.32 Å². The van der Waals surface area contributed by atoms with Crippen LogP contribution in [0.4, 0.5) is 0 Å². The molecule has 2 bridgehead atoms. The van der Waals surface area contributed by atoms with Gasteiger partial charge in [0.05, 0.1) is 12.6 Å². The van der Waals surface area contributed by atoms with E-state index >= 15 is 0 Å². The number of hydrogen-bond donors (Lipinski definition) is 1. The van der Waals surface area contributed by atoms with Crippen molar-refractivity contribution in [3.8, 4) is 0 Å². The summed E-state index contributed by atoms with van der Waals surface area (Å²) in [5.41, 5.74) is 0. The van der Waals surface area contributed by atoms with Gasteiger partial charge in [0.1, 0.15) is 0 Å². The fraction of sp³-hybridized carbons (Fsp3) is 0.947. The maximum absolute atomic E-state index is 5.98. The molecule has 1 unspecified atom stereocenters. The van der Waals surface area contributed by atoms with Crippen LogP contribution in [0, 0.1) is 0 Å². The molecule has 4 aliphatic rings. The first kappa shape index (κ1) is 19.9. The highest BCUT2D eigenvalue weighted by atomic mass is 16.5. The van der Waals surface area contributed by atoms with Crippen LogP contribution in [0.3, 0.4) is 0 Å². The van der Waals surface area contributed by atoms with Gasteiger partial charge in [0, 0.05) is 78.7 Å². The number of guanidine groups is 1. The van der Waals surface area contributed by atoms with Crippen LogP contribution in [0.1, 0.15) is 26.2 Å². The van der Waals surface area contributed by atoms with Crippen LogP contribution in [0.2, 0.25) is 0 Å². The molecule has 0 radical (unpaired) electrons. The minimum absolute atomic E-state index is 0.388. The topological polar surface area (TPSA) is 52.6 Å². The van der Waals surface area contributed by atoms with Gasteiger partial charge >= 0.3 is 0 Å². The Morgan fingerprint density at radius 1 is 1.08 bits per heavy atom. The molecular weight excluding hydrogens is 330 g/mol. The highest BCUT2D eigenvalue weighted by molar-refractivity contribution is 5.80. The highest BCUT2D eigenvalue weighted by Crippen LogP contribution is 2.17. The fourth-order valence-corrected chi connectivity index (χ4v) is 4.20.